The fraction of sp³-hybridized carbons (Fsp3) is 0.467. The molecule has 1 amide bonds. The van der Waals surface area contributed by atoms with Crippen molar-refractivity contribution < 1.29 is 9.53 Å². The first kappa shape index (κ1) is 15.3. The molecular formula is C15H20N6O2. The molecule has 0 radical (unpaired) electrons. The molecule has 0 fully saturated rings. The van der Waals surface area contributed by atoms with Gasteiger partial charge in [0.1, 0.15) is 12.1 Å². The van der Waals surface area contributed by atoms with Crippen molar-refractivity contribution in [3.63, 3.8) is 0 Å². The molecule has 0 aliphatic carbocycles. The molecule has 23 heavy (non-hydrogen) atoms. The van der Waals surface area contributed by atoms with Crippen LogP contribution in [0.25, 0.3) is 0 Å². The van der Waals surface area contributed by atoms with Gasteiger partial charge in [-0.1, -0.05) is 0 Å². The van der Waals surface area contributed by atoms with E-state index in [0.717, 1.165) is 11.5 Å². The Labute approximate surface area is 134 Å². The minimum atomic E-state index is -0.0235. The highest BCUT2D eigenvalue weighted by molar-refractivity contribution is 5.76. The van der Waals surface area contributed by atoms with Gasteiger partial charge in [0, 0.05) is 32.9 Å². The van der Waals surface area contributed by atoms with Crippen LogP contribution in [0.2, 0.25) is 0 Å². The normalized spacial score (nSPS) is 16.8. The Morgan fingerprint density at radius 2 is 2.26 bits per heavy atom. The average Bonchev–Trinajstić information content (AvgIpc) is 3.03. The molecule has 1 aliphatic rings. The number of hydrogen-bond donors (Lipinski definition) is 0. The second-order valence-corrected chi connectivity index (χ2v) is 5.71. The second-order valence-electron chi connectivity index (χ2n) is 5.71. The second kappa shape index (κ2) is 6.23. The van der Waals surface area contributed by atoms with Crippen LogP contribution in [0.3, 0.4) is 0 Å². The number of methoxy groups -OCH3 is 1. The monoisotopic (exact) mass is 316 g/mol. The van der Waals surface area contributed by atoms with Crippen molar-refractivity contribution in [2.75, 3.05) is 32.6 Å². The number of carbonyl (C=O) groups excluding carboxylic acids is 1. The SMILES string of the molecule is COc1cc(N2Cc3ccnn3[C@@H](CC(=O)N(C)C)C2)ncn1. The van der Waals surface area contributed by atoms with Crippen molar-refractivity contribution in [1.29, 1.82) is 0 Å². The first-order valence-electron chi connectivity index (χ1n) is 7.42. The first-order valence-corrected chi connectivity index (χ1v) is 7.42. The predicted octanol–water partition coefficient (Wildman–Crippen LogP) is 0.721. The highest BCUT2D eigenvalue weighted by Crippen LogP contribution is 2.27. The van der Waals surface area contributed by atoms with Gasteiger partial charge in [-0.2, -0.15) is 5.10 Å². The van der Waals surface area contributed by atoms with Crippen molar-refractivity contribution in [2.24, 2.45) is 0 Å². The van der Waals surface area contributed by atoms with Crippen LogP contribution < -0.4 is 9.64 Å². The highest BCUT2D eigenvalue weighted by Gasteiger charge is 2.28. The lowest BCUT2D eigenvalue weighted by molar-refractivity contribution is -0.129. The minimum Gasteiger partial charge on any atom is -0.481 e. The molecule has 122 valence electrons. The van der Waals surface area contributed by atoms with Gasteiger partial charge in [-0.15, -0.1) is 0 Å². The van der Waals surface area contributed by atoms with Gasteiger partial charge in [0.05, 0.1) is 31.8 Å². The Hall–Kier alpha value is -2.64. The van der Waals surface area contributed by atoms with E-state index in [-0.39, 0.29) is 11.9 Å². The summed E-state index contributed by atoms with van der Waals surface area (Å²) in [6.07, 6.45) is 3.66. The van der Waals surface area contributed by atoms with E-state index < -0.39 is 0 Å². The largest absolute Gasteiger partial charge is 0.481 e. The maximum Gasteiger partial charge on any atom is 0.224 e. The molecule has 0 spiro atoms. The molecule has 3 rings (SSSR count). The number of rotatable bonds is 4. The van der Waals surface area contributed by atoms with Crippen LogP contribution in [-0.2, 0) is 11.3 Å². The lowest BCUT2D eigenvalue weighted by atomic mass is 10.1. The maximum absolute atomic E-state index is 12.1. The average molecular weight is 316 g/mol. The molecule has 8 nitrogen and oxygen atoms in total. The number of hydrogen-bond acceptors (Lipinski definition) is 6. The van der Waals surface area contributed by atoms with E-state index in [4.69, 9.17) is 4.74 Å². The van der Waals surface area contributed by atoms with Crippen molar-refractivity contribution in [3.8, 4) is 5.88 Å². The molecule has 0 aromatic carbocycles. The van der Waals surface area contributed by atoms with Crippen molar-refractivity contribution in [1.82, 2.24) is 24.6 Å². The number of aromatic nitrogens is 4. The molecule has 1 aliphatic heterocycles. The molecule has 2 aromatic rings. The Bertz CT molecular complexity index is 699. The van der Waals surface area contributed by atoms with E-state index in [1.807, 2.05) is 10.7 Å². The first-order chi connectivity index (χ1) is 11.1. The van der Waals surface area contributed by atoms with Gasteiger partial charge >= 0.3 is 0 Å². The molecule has 3 heterocycles. The van der Waals surface area contributed by atoms with Crippen LogP contribution in [0.15, 0.2) is 24.7 Å². The minimum absolute atomic E-state index is 0.0235. The summed E-state index contributed by atoms with van der Waals surface area (Å²) >= 11 is 0. The summed E-state index contributed by atoms with van der Waals surface area (Å²) in [5, 5.41) is 4.37. The zero-order valence-electron chi connectivity index (χ0n) is 13.5. The van der Waals surface area contributed by atoms with E-state index in [1.165, 1.54) is 6.33 Å². The summed E-state index contributed by atoms with van der Waals surface area (Å²) in [7, 11) is 5.11. The number of ether oxygens (including phenoxy) is 1. The molecule has 0 bridgehead atoms. The molecule has 8 heteroatoms. The summed E-state index contributed by atoms with van der Waals surface area (Å²) in [5.41, 5.74) is 1.06. The predicted molar refractivity (Wildman–Crippen MR) is 84.2 cm³/mol. The maximum atomic E-state index is 12.1. The van der Waals surface area contributed by atoms with Gasteiger partial charge in [-0.25, -0.2) is 9.97 Å². The summed E-state index contributed by atoms with van der Waals surface area (Å²) in [6.45, 7) is 1.35. The lowest BCUT2D eigenvalue weighted by Gasteiger charge is -2.34. The van der Waals surface area contributed by atoms with Crippen LogP contribution in [0, 0.1) is 0 Å². The number of fused-ring (bicyclic) bond motifs is 1. The summed E-state index contributed by atoms with van der Waals surface area (Å²) in [6, 6.07) is 3.75. The van der Waals surface area contributed by atoms with E-state index >= 15 is 0 Å². The third-order valence-corrected chi connectivity index (χ3v) is 3.95. The van der Waals surface area contributed by atoms with E-state index in [2.05, 4.69) is 20.0 Å². The van der Waals surface area contributed by atoms with Gasteiger partial charge in [-0.05, 0) is 6.07 Å². The fourth-order valence-electron chi connectivity index (χ4n) is 2.71. The molecule has 0 saturated heterocycles. The standard InChI is InChI=1S/C15H20N6O2/c1-19(2)15(22)6-12-9-20(8-11-4-5-18-21(11)12)13-7-14(23-3)17-10-16-13/h4-5,7,10,12H,6,8-9H2,1-3H3/t12-/m0/s1. The topological polar surface area (TPSA) is 76.4 Å². The van der Waals surface area contributed by atoms with Crippen molar-refractivity contribution in [2.45, 2.75) is 19.0 Å². The van der Waals surface area contributed by atoms with E-state index in [9.17, 15) is 4.79 Å². The molecule has 0 saturated carbocycles. The Morgan fingerprint density at radius 3 is 3.00 bits per heavy atom. The van der Waals surface area contributed by atoms with E-state index in [0.29, 0.717) is 25.4 Å². The van der Waals surface area contributed by atoms with E-state index in [1.54, 1.807) is 38.4 Å². The van der Waals surface area contributed by atoms with Gasteiger partial charge in [0.25, 0.3) is 0 Å². The Kier molecular flexibility index (Phi) is 4.14. The smallest absolute Gasteiger partial charge is 0.224 e. The van der Waals surface area contributed by atoms with Crippen molar-refractivity contribution in [3.05, 3.63) is 30.4 Å². The van der Waals surface area contributed by atoms with Crippen LogP contribution in [0.5, 0.6) is 5.88 Å². The quantitative estimate of drug-likeness (QED) is 0.827. The van der Waals surface area contributed by atoms with Crippen LogP contribution in [0.1, 0.15) is 18.2 Å². The number of anilines is 1. The van der Waals surface area contributed by atoms with Gasteiger partial charge in [-0.3, -0.25) is 9.48 Å². The number of nitrogens with zero attached hydrogens (tertiary/aromatic N) is 6. The van der Waals surface area contributed by atoms with Crippen LogP contribution >= 0.6 is 0 Å². The third kappa shape index (κ3) is 3.10. The van der Waals surface area contributed by atoms with Crippen LogP contribution in [-0.4, -0.2) is 58.3 Å². The van der Waals surface area contributed by atoms with Gasteiger partial charge < -0.3 is 14.5 Å². The van der Waals surface area contributed by atoms with Crippen LogP contribution in [0.4, 0.5) is 5.82 Å². The summed E-state index contributed by atoms with van der Waals surface area (Å²) in [4.78, 5) is 24.2. The Morgan fingerprint density at radius 1 is 1.43 bits per heavy atom. The zero-order valence-corrected chi connectivity index (χ0v) is 13.5. The highest BCUT2D eigenvalue weighted by atomic mass is 16.5. The van der Waals surface area contributed by atoms with Gasteiger partial charge in [0.2, 0.25) is 11.8 Å². The molecular weight excluding hydrogens is 296 g/mol. The van der Waals surface area contributed by atoms with Crippen molar-refractivity contribution >= 4 is 11.7 Å². The molecule has 2 aromatic heterocycles. The zero-order chi connectivity index (χ0) is 16.4. The number of carbonyl (C=O) groups is 1. The molecule has 1 atom stereocenters. The number of amides is 1. The van der Waals surface area contributed by atoms with Gasteiger partial charge in [0.15, 0.2) is 0 Å². The third-order valence-electron chi connectivity index (χ3n) is 3.95. The summed E-state index contributed by atoms with van der Waals surface area (Å²) in [5.74, 6) is 1.39. The Balaban J connectivity index is 1.86. The fourth-order valence-corrected chi connectivity index (χ4v) is 2.71. The molecule has 0 unspecified atom stereocenters. The molecule has 0 N–H and O–H groups in total. The summed E-state index contributed by atoms with van der Waals surface area (Å²) < 4.78 is 7.11. The lowest BCUT2D eigenvalue weighted by Crippen LogP contribution is -2.40.